The van der Waals surface area contributed by atoms with Gasteiger partial charge in [0.05, 0.1) is 0 Å². The number of hydrogen-bond acceptors (Lipinski definition) is 0. The molecule has 5 rings (SSSR count). The predicted molar refractivity (Wildman–Crippen MR) is 88.7 cm³/mol. The van der Waals surface area contributed by atoms with Crippen LogP contribution in [0.15, 0.2) is 36.4 Å². The smallest absolute Gasteiger partial charge is 0.299 e. The molecule has 0 atom stereocenters. The first-order valence-electron chi connectivity index (χ1n) is 7.97. The molecule has 0 aliphatic heterocycles. The molecule has 0 spiro atoms. The van der Waals surface area contributed by atoms with Crippen molar-refractivity contribution >= 4 is 0 Å². The molecule has 108 valence electrons. The first kappa shape index (κ1) is 17.1. The van der Waals surface area contributed by atoms with E-state index in [1.807, 2.05) is 0 Å². The van der Waals surface area contributed by atoms with Gasteiger partial charge in [-0.1, -0.05) is 61.4 Å². The van der Waals surface area contributed by atoms with E-state index in [-0.39, 0.29) is 63.6 Å². The molecule has 0 heterocycles. The standard InChI is InChI=1S/C21H23.Rb/c1-12-8-6-10-15-17(12)19-14(3)21(4,5)20(15)16-11-7-9-13(2)18(16)19;/h6-11,19-20H,1-5H3;/q-1;+1. The van der Waals surface area contributed by atoms with E-state index in [1.165, 1.54) is 11.1 Å². The van der Waals surface area contributed by atoms with E-state index in [0.717, 1.165) is 0 Å². The molecule has 3 aliphatic carbocycles. The zero-order valence-electron chi connectivity index (χ0n) is 14.6. The largest absolute Gasteiger partial charge is 1.00 e. The summed E-state index contributed by atoms with van der Waals surface area (Å²) in [5.74, 6) is 2.63. The van der Waals surface area contributed by atoms with Crippen LogP contribution in [0.3, 0.4) is 0 Å². The van der Waals surface area contributed by atoms with Crippen LogP contribution >= 0.6 is 0 Å². The van der Waals surface area contributed by atoms with E-state index in [4.69, 9.17) is 0 Å². The predicted octanol–water partition coefficient (Wildman–Crippen LogP) is 2.52. The third-order valence-corrected chi connectivity index (χ3v) is 6.09. The quantitative estimate of drug-likeness (QED) is 0.633. The van der Waals surface area contributed by atoms with Crippen molar-refractivity contribution in [3.63, 3.8) is 0 Å². The van der Waals surface area contributed by atoms with Crippen LogP contribution in [0, 0.1) is 25.2 Å². The summed E-state index contributed by atoms with van der Waals surface area (Å²) in [6.07, 6.45) is 0. The molecule has 0 unspecified atom stereocenters. The van der Waals surface area contributed by atoms with Crippen LogP contribution in [0.2, 0.25) is 0 Å². The maximum Gasteiger partial charge on any atom is 1.00 e. The maximum absolute atomic E-state index is 2.43. The van der Waals surface area contributed by atoms with Crippen LogP contribution in [0.25, 0.3) is 0 Å². The van der Waals surface area contributed by atoms with Crippen LogP contribution in [-0.2, 0) is 0 Å². The minimum absolute atomic E-state index is 0. The molecular weight excluding hydrogens is 338 g/mol. The Bertz CT molecular complexity index is 688. The second-order valence-corrected chi connectivity index (χ2v) is 7.43. The van der Waals surface area contributed by atoms with Crippen molar-refractivity contribution in [3.8, 4) is 0 Å². The summed E-state index contributed by atoms with van der Waals surface area (Å²) in [5, 5.41) is 0. The summed E-state index contributed by atoms with van der Waals surface area (Å²) in [4.78, 5) is 0. The second kappa shape index (κ2) is 5.65. The Balaban J connectivity index is 0.00000144. The van der Waals surface area contributed by atoms with Gasteiger partial charge in [0.25, 0.3) is 0 Å². The van der Waals surface area contributed by atoms with E-state index in [1.54, 1.807) is 28.2 Å². The molecule has 0 aromatic heterocycles. The number of benzene rings is 2. The van der Waals surface area contributed by atoms with E-state index in [9.17, 15) is 0 Å². The SMILES string of the molecule is Cc1cccc2c1C1c3c(C)cccc3C2C(C)(C)[C-]1C.[Rb+]. The van der Waals surface area contributed by atoms with Gasteiger partial charge in [-0.25, -0.2) is 0 Å². The van der Waals surface area contributed by atoms with E-state index in [2.05, 4.69) is 71.0 Å². The molecular formula is C21H23Rb. The van der Waals surface area contributed by atoms with E-state index < -0.39 is 0 Å². The Kier molecular flexibility index (Phi) is 4.39. The van der Waals surface area contributed by atoms with E-state index in [0.29, 0.717) is 11.8 Å². The van der Waals surface area contributed by atoms with Crippen LogP contribution in [0.4, 0.5) is 0 Å². The van der Waals surface area contributed by atoms with Crippen molar-refractivity contribution in [2.45, 2.75) is 46.5 Å². The van der Waals surface area contributed by atoms with Crippen molar-refractivity contribution < 1.29 is 58.2 Å². The van der Waals surface area contributed by atoms with Gasteiger partial charge in [0.1, 0.15) is 0 Å². The Morgan fingerprint density at radius 2 is 1.32 bits per heavy atom. The Morgan fingerprint density at radius 3 is 1.77 bits per heavy atom. The topological polar surface area (TPSA) is 0 Å². The van der Waals surface area contributed by atoms with Crippen LogP contribution < -0.4 is 58.2 Å². The molecule has 0 saturated heterocycles. The van der Waals surface area contributed by atoms with Crippen molar-refractivity contribution in [3.05, 3.63) is 75.7 Å². The van der Waals surface area contributed by atoms with Crippen LogP contribution in [0.5, 0.6) is 0 Å². The molecule has 2 aromatic rings. The molecule has 0 radical (unpaired) electrons. The van der Waals surface area contributed by atoms with Gasteiger partial charge < -0.3 is 0 Å². The molecule has 0 saturated carbocycles. The first-order valence-corrected chi connectivity index (χ1v) is 7.97. The summed E-state index contributed by atoms with van der Waals surface area (Å²) >= 11 is 0. The fraction of sp³-hybridized carbons (Fsp3) is 0.381. The summed E-state index contributed by atoms with van der Waals surface area (Å²) in [7, 11) is 0. The molecule has 0 N–H and O–H groups in total. The van der Waals surface area contributed by atoms with Gasteiger partial charge in [0.15, 0.2) is 0 Å². The van der Waals surface area contributed by atoms with Crippen molar-refractivity contribution in [1.82, 2.24) is 0 Å². The molecule has 0 nitrogen and oxygen atoms in total. The van der Waals surface area contributed by atoms with Gasteiger partial charge in [-0.2, -0.15) is 6.92 Å². The fourth-order valence-electron chi connectivity index (χ4n) is 4.82. The van der Waals surface area contributed by atoms with Gasteiger partial charge in [-0.15, -0.1) is 11.3 Å². The Hall–Kier alpha value is 0.245. The minimum atomic E-state index is 0. The van der Waals surface area contributed by atoms with Gasteiger partial charge >= 0.3 is 58.2 Å². The Morgan fingerprint density at radius 1 is 0.864 bits per heavy atom. The molecule has 22 heavy (non-hydrogen) atoms. The fourth-order valence-corrected chi connectivity index (χ4v) is 4.82. The van der Waals surface area contributed by atoms with Gasteiger partial charge in [-0.3, -0.25) is 5.92 Å². The Labute approximate surface area is 183 Å². The number of hydrogen-bond donors (Lipinski definition) is 0. The summed E-state index contributed by atoms with van der Waals surface area (Å²) < 4.78 is 0. The normalized spacial score (nSPS) is 24.4. The first-order chi connectivity index (χ1) is 9.94. The second-order valence-electron chi connectivity index (χ2n) is 7.43. The summed E-state index contributed by atoms with van der Waals surface area (Å²) in [6.45, 7) is 11.8. The third-order valence-electron chi connectivity index (χ3n) is 6.09. The van der Waals surface area contributed by atoms with Crippen LogP contribution in [0.1, 0.15) is 66.0 Å². The molecule has 2 aromatic carbocycles. The maximum atomic E-state index is 2.43. The zero-order chi connectivity index (χ0) is 14.9. The van der Waals surface area contributed by atoms with Crippen molar-refractivity contribution in [2.75, 3.05) is 0 Å². The molecule has 1 heteroatoms. The molecule has 0 fully saturated rings. The molecule has 2 bridgehead atoms. The molecule has 3 aliphatic rings. The molecule has 0 amide bonds. The minimum Gasteiger partial charge on any atom is -0.299 e. The average Bonchev–Trinajstić information content (AvgIpc) is 2.43. The zero-order valence-corrected chi connectivity index (χ0v) is 19.5. The van der Waals surface area contributed by atoms with Crippen molar-refractivity contribution in [1.29, 1.82) is 0 Å². The average molecular weight is 361 g/mol. The number of fused-ring (bicyclic) bond motifs is 1. The summed E-state index contributed by atoms with van der Waals surface area (Å²) in [6, 6.07) is 13.7. The van der Waals surface area contributed by atoms with Gasteiger partial charge in [-0.05, 0) is 42.0 Å². The van der Waals surface area contributed by atoms with Gasteiger partial charge in [0, 0.05) is 0 Å². The van der Waals surface area contributed by atoms with Crippen LogP contribution in [-0.4, -0.2) is 0 Å². The van der Waals surface area contributed by atoms with Gasteiger partial charge in [0.2, 0.25) is 0 Å². The third kappa shape index (κ3) is 2.07. The number of rotatable bonds is 0. The number of aryl methyl sites for hydroxylation is 2. The summed E-state index contributed by atoms with van der Waals surface area (Å²) in [5.41, 5.74) is 9.44. The monoisotopic (exact) mass is 360 g/mol. The van der Waals surface area contributed by atoms with E-state index >= 15 is 0 Å². The van der Waals surface area contributed by atoms with Crippen molar-refractivity contribution in [2.24, 2.45) is 5.41 Å².